The molecule has 5 nitrogen and oxygen atoms in total. The third-order valence-electron chi connectivity index (χ3n) is 3.92. The SMILES string of the molecule is Cc1cc(N[C@@H](C)CN2CCOCC2)nc(-c2ccccc2)n1. The summed E-state index contributed by atoms with van der Waals surface area (Å²) in [6.45, 7) is 8.86. The number of rotatable bonds is 5. The van der Waals surface area contributed by atoms with Gasteiger partial charge in [-0.15, -0.1) is 0 Å². The fourth-order valence-corrected chi connectivity index (χ4v) is 2.83. The zero-order valence-corrected chi connectivity index (χ0v) is 13.8. The summed E-state index contributed by atoms with van der Waals surface area (Å²) in [6, 6.07) is 12.4. The first-order valence-electron chi connectivity index (χ1n) is 8.18. The van der Waals surface area contributed by atoms with Gasteiger partial charge in [-0.2, -0.15) is 0 Å². The van der Waals surface area contributed by atoms with Crippen LogP contribution < -0.4 is 5.32 Å². The normalized spacial score (nSPS) is 17.0. The quantitative estimate of drug-likeness (QED) is 0.919. The van der Waals surface area contributed by atoms with Gasteiger partial charge in [0.25, 0.3) is 0 Å². The van der Waals surface area contributed by atoms with Crippen molar-refractivity contribution in [3.63, 3.8) is 0 Å². The van der Waals surface area contributed by atoms with Crippen LogP contribution >= 0.6 is 0 Å². The number of hydrogen-bond donors (Lipinski definition) is 1. The molecule has 1 N–H and O–H groups in total. The highest BCUT2D eigenvalue weighted by molar-refractivity contribution is 5.57. The van der Waals surface area contributed by atoms with E-state index in [4.69, 9.17) is 4.74 Å². The Kier molecular flexibility index (Phi) is 5.20. The van der Waals surface area contributed by atoms with Gasteiger partial charge in [-0.1, -0.05) is 30.3 Å². The Hall–Kier alpha value is -1.98. The van der Waals surface area contributed by atoms with Crippen molar-refractivity contribution in [2.24, 2.45) is 0 Å². The Balaban J connectivity index is 1.68. The van der Waals surface area contributed by atoms with E-state index in [1.54, 1.807) is 0 Å². The van der Waals surface area contributed by atoms with Crippen molar-refractivity contribution in [2.45, 2.75) is 19.9 Å². The first-order valence-corrected chi connectivity index (χ1v) is 8.18. The number of hydrogen-bond acceptors (Lipinski definition) is 5. The van der Waals surface area contributed by atoms with E-state index >= 15 is 0 Å². The average Bonchev–Trinajstić information content (AvgIpc) is 2.56. The molecule has 0 spiro atoms. The van der Waals surface area contributed by atoms with E-state index in [0.29, 0.717) is 6.04 Å². The topological polar surface area (TPSA) is 50.3 Å². The minimum atomic E-state index is 0.325. The van der Waals surface area contributed by atoms with Gasteiger partial charge >= 0.3 is 0 Å². The van der Waals surface area contributed by atoms with Crippen molar-refractivity contribution in [1.82, 2.24) is 14.9 Å². The summed E-state index contributed by atoms with van der Waals surface area (Å²) in [7, 11) is 0. The molecule has 122 valence electrons. The van der Waals surface area contributed by atoms with Crippen LogP contribution in [0, 0.1) is 6.92 Å². The summed E-state index contributed by atoms with van der Waals surface area (Å²) in [5.74, 6) is 1.66. The molecule has 0 unspecified atom stereocenters. The van der Waals surface area contributed by atoms with E-state index in [1.165, 1.54) is 0 Å². The van der Waals surface area contributed by atoms with Crippen LogP contribution in [0.25, 0.3) is 11.4 Å². The van der Waals surface area contributed by atoms with Gasteiger partial charge in [0.2, 0.25) is 0 Å². The second-order valence-corrected chi connectivity index (χ2v) is 6.04. The molecule has 5 heteroatoms. The number of anilines is 1. The van der Waals surface area contributed by atoms with Crippen molar-refractivity contribution < 1.29 is 4.74 Å². The molecule has 1 fully saturated rings. The summed E-state index contributed by atoms with van der Waals surface area (Å²) in [6.07, 6.45) is 0. The molecule has 1 saturated heterocycles. The lowest BCUT2D eigenvalue weighted by Gasteiger charge is -2.29. The van der Waals surface area contributed by atoms with Crippen molar-refractivity contribution in [1.29, 1.82) is 0 Å². The molecule has 2 aromatic rings. The van der Waals surface area contributed by atoms with Gasteiger partial charge in [0.1, 0.15) is 5.82 Å². The molecule has 0 saturated carbocycles. The van der Waals surface area contributed by atoms with Crippen molar-refractivity contribution >= 4 is 5.82 Å². The second kappa shape index (κ2) is 7.53. The van der Waals surface area contributed by atoms with Gasteiger partial charge in [0.05, 0.1) is 13.2 Å². The van der Waals surface area contributed by atoms with E-state index in [2.05, 4.69) is 27.1 Å². The zero-order valence-electron chi connectivity index (χ0n) is 13.8. The third-order valence-corrected chi connectivity index (χ3v) is 3.92. The number of nitrogens with zero attached hydrogens (tertiary/aromatic N) is 3. The first kappa shape index (κ1) is 15.9. The lowest BCUT2D eigenvalue weighted by molar-refractivity contribution is 0.0368. The largest absolute Gasteiger partial charge is 0.379 e. The maximum Gasteiger partial charge on any atom is 0.161 e. The fraction of sp³-hybridized carbons (Fsp3) is 0.444. The Morgan fingerprint density at radius 2 is 1.91 bits per heavy atom. The van der Waals surface area contributed by atoms with E-state index in [0.717, 1.165) is 55.7 Å². The van der Waals surface area contributed by atoms with Crippen LogP contribution in [0.5, 0.6) is 0 Å². The summed E-state index contributed by atoms with van der Waals surface area (Å²) in [5.41, 5.74) is 2.01. The van der Waals surface area contributed by atoms with Crippen molar-refractivity contribution in [2.75, 3.05) is 38.2 Å². The molecule has 2 heterocycles. The molecular formula is C18H24N4O. The molecule has 1 atom stereocenters. The maximum absolute atomic E-state index is 5.40. The molecule has 1 aromatic heterocycles. The smallest absolute Gasteiger partial charge is 0.161 e. The molecule has 1 aliphatic heterocycles. The number of nitrogens with one attached hydrogen (secondary N) is 1. The Morgan fingerprint density at radius 1 is 1.17 bits per heavy atom. The number of aromatic nitrogens is 2. The number of aryl methyl sites for hydroxylation is 1. The highest BCUT2D eigenvalue weighted by Crippen LogP contribution is 2.18. The Bertz CT molecular complexity index is 626. The number of benzene rings is 1. The van der Waals surface area contributed by atoms with Crippen LogP contribution in [0.15, 0.2) is 36.4 Å². The molecule has 0 radical (unpaired) electrons. The molecule has 1 aliphatic rings. The molecule has 0 aliphatic carbocycles. The molecule has 1 aromatic carbocycles. The van der Waals surface area contributed by atoms with Gasteiger partial charge in [0, 0.05) is 43.0 Å². The first-order chi connectivity index (χ1) is 11.2. The maximum atomic E-state index is 5.40. The van der Waals surface area contributed by atoms with E-state index in [-0.39, 0.29) is 0 Å². The third kappa shape index (κ3) is 4.50. The van der Waals surface area contributed by atoms with Gasteiger partial charge < -0.3 is 10.1 Å². The molecule has 3 rings (SSSR count). The van der Waals surface area contributed by atoms with Crippen LogP contribution in [-0.4, -0.2) is 53.8 Å². The number of ether oxygens (including phenoxy) is 1. The van der Waals surface area contributed by atoms with Crippen LogP contribution in [-0.2, 0) is 4.74 Å². The highest BCUT2D eigenvalue weighted by Gasteiger charge is 2.14. The minimum absolute atomic E-state index is 0.325. The second-order valence-electron chi connectivity index (χ2n) is 6.04. The van der Waals surface area contributed by atoms with Crippen LogP contribution in [0.4, 0.5) is 5.82 Å². The van der Waals surface area contributed by atoms with Gasteiger partial charge in [-0.05, 0) is 13.8 Å². The molecule has 23 heavy (non-hydrogen) atoms. The Labute approximate surface area is 137 Å². The lowest BCUT2D eigenvalue weighted by Crippen LogP contribution is -2.42. The zero-order chi connectivity index (χ0) is 16.1. The monoisotopic (exact) mass is 312 g/mol. The van der Waals surface area contributed by atoms with E-state index in [9.17, 15) is 0 Å². The van der Waals surface area contributed by atoms with E-state index < -0.39 is 0 Å². The summed E-state index contributed by atoms with van der Waals surface area (Å²) in [5, 5.41) is 3.51. The lowest BCUT2D eigenvalue weighted by atomic mass is 10.2. The van der Waals surface area contributed by atoms with Crippen LogP contribution in [0.1, 0.15) is 12.6 Å². The number of morpholine rings is 1. The highest BCUT2D eigenvalue weighted by atomic mass is 16.5. The summed E-state index contributed by atoms with van der Waals surface area (Å²) in [4.78, 5) is 11.6. The van der Waals surface area contributed by atoms with Crippen molar-refractivity contribution in [3.05, 3.63) is 42.1 Å². The van der Waals surface area contributed by atoms with Gasteiger partial charge in [0.15, 0.2) is 5.82 Å². The summed E-state index contributed by atoms with van der Waals surface area (Å²) < 4.78 is 5.40. The van der Waals surface area contributed by atoms with Crippen LogP contribution in [0.3, 0.4) is 0 Å². The summed E-state index contributed by atoms with van der Waals surface area (Å²) >= 11 is 0. The van der Waals surface area contributed by atoms with Gasteiger partial charge in [-0.3, -0.25) is 4.90 Å². The predicted molar refractivity (Wildman–Crippen MR) is 92.5 cm³/mol. The van der Waals surface area contributed by atoms with Crippen molar-refractivity contribution in [3.8, 4) is 11.4 Å². The standard InChI is InChI=1S/C18H24N4O/c1-14-12-17(19-15(2)13-22-8-10-23-11-9-22)21-18(20-14)16-6-4-3-5-7-16/h3-7,12,15H,8-11,13H2,1-2H3,(H,19,20,21)/t15-/m0/s1. The van der Waals surface area contributed by atoms with Gasteiger partial charge in [-0.25, -0.2) is 9.97 Å². The molecule has 0 bridgehead atoms. The average molecular weight is 312 g/mol. The van der Waals surface area contributed by atoms with Crippen LogP contribution in [0.2, 0.25) is 0 Å². The fourth-order valence-electron chi connectivity index (χ4n) is 2.83. The minimum Gasteiger partial charge on any atom is -0.379 e. The van der Waals surface area contributed by atoms with E-state index in [1.807, 2.05) is 43.3 Å². The molecule has 0 amide bonds. The predicted octanol–water partition coefficient (Wildman–Crippen LogP) is 2.58. The molecular weight excluding hydrogens is 288 g/mol. The Morgan fingerprint density at radius 3 is 2.65 bits per heavy atom.